The molecule has 7 atom stereocenters. The molecule has 0 bridgehead atoms. The molecule has 1 saturated carbocycles. The minimum atomic E-state index is -1.35. The van der Waals surface area contributed by atoms with Crippen molar-refractivity contribution in [1.29, 1.82) is 0 Å². The molecule has 17 nitrogen and oxygen atoms in total. The predicted octanol–water partition coefficient (Wildman–Crippen LogP) is 5.85. The topological polar surface area (TPSA) is 255 Å². The maximum absolute atomic E-state index is 14.8. The molecule has 4 aromatic rings. The number of carboxylic acid groups (broad SMARTS) is 1. The molecule has 0 spiro atoms. The summed E-state index contributed by atoms with van der Waals surface area (Å²) in [6.45, 7) is 7.73. The van der Waals surface area contributed by atoms with Gasteiger partial charge in [-0.3, -0.25) is 33.6 Å². The van der Waals surface area contributed by atoms with E-state index in [1.807, 2.05) is 68.4 Å². The zero-order valence-electron chi connectivity index (χ0n) is 45.7. The summed E-state index contributed by atoms with van der Waals surface area (Å²) in [6, 6.07) is 22.5. The fraction of sp³-hybridized carbons (Fsp3) is 0.467. The maximum atomic E-state index is 14.8. The van der Waals surface area contributed by atoms with E-state index in [0.29, 0.717) is 29.0 Å². The Morgan fingerprint density at radius 3 is 1.78 bits per heavy atom. The lowest BCUT2D eigenvalue weighted by molar-refractivity contribution is -0.142. The molecule has 5 rings (SSSR count). The van der Waals surface area contributed by atoms with Crippen molar-refractivity contribution in [2.45, 2.75) is 141 Å². The summed E-state index contributed by atoms with van der Waals surface area (Å²) < 4.78 is 19.5. The molecule has 0 aliphatic heterocycles. The fourth-order valence-corrected chi connectivity index (χ4v) is 9.58. The van der Waals surface area contributed by atoms with Crippen LogP contribution < -0.4 is 37.1 Å². The minimum absolute atomic E-state index is 0.00930. The number of nitrogens with two attached hydrogens (primary N) is 1. The minimum Gasteiger partial charge on any atom is -0.482 e. The van der Waals surface area contributed by atoms with Crippen LogP contribution in [0.25, 0.3) is 11.1 Å². The van der Waals surface area contributed by atoms with Gasteiger partial charge in [0.05, 0.1) is 6.04 Å². The fourth-order valence-electron chi connectivity index (χ4n) is 9.58. The first-order valence-electron chi connectivity index (χ1n) is 27.0. The zero-order chi connectivity index (χ0) is 56.9. The normalized spacial score (nSPS) is 15.2. The van der Waals surface area contributed by atoms with Gasteiger partial charge in [0.2, 0.25) is 35.4 Å². The van der Waals surface area contributed by atoms with Crippen LogP contribution in [-0.2, 0) is 57.6 Å². The van der Waals surface area contributed by atoms with Crippen LogP contribution >= 0.6 is 0 Å². The van der Waals surface area contributed by atoms with Crippen LogP contribution in [0.4, 0.5) is 4.39 Å². The van der Waals surface area contributed by atoms with E-state index in [4.69, 9.17) is 15.6 Å². The van der Waals surface area contributed by atoms with Gasteiger partial charge in [0.1, 0.15) is 41.8 Å². The van der Waals surface area contributed by atoms with Gasteiger partial charge in [-0.05, 0) is 110 Å². The van der Waals surface area contributed by atoms with Gasteiger partial charge in [0.25, 0.3) is 0 Å². The first-order chi connectivity index (χ1) is 37.2. The Bertz CT molecular complexity index is 2650. The van der Waals surface area contributed by atoms with E-state index in [0.717, 1.165) is 48.1 Å². The van der Waals surface area contributed by atoms with E-state index in [-0.39, 0.29) is 56.1 Å². The molecular formula is C60H78FN7O10. The van der Waals surface area contributed by atoms with E-state index in [9.17, 15) is 42.7 Å². The lowest BCUT2D eigenvalue weighted by Crippen LogP contribution is -2.60. The van der Waals surface area contributed by atoms with Crippen LogP contribution in [-0.4, -0.2) is 114 Å². The number of ketones is 1. The van der Waals surface area contributed by atoms with Crippen molar-refractivity contribution < 1.29 is 52.6 Å². The van der Waals surface area contributed by atoms with Gasteiger partial charge in [-0.15, -0.1) is 0 Å². The average Bonchev–Trinajstić information content (AvgIpc) is 3.42. The SMILES string of the molecule is CC(=O)[C@H](CC1CCCCC1)NC(=O)[C@H](CCN)NC(=O)[C@@H](CC(C)C)NC(=O)[C@H](C)N(C)C(=O)[C@H](Cc1ccc(OCC(=O)O)cc1)NC(=O)[C@H](Cc1ccc(-c2ccccc2)cc1)NC(=O)[C@@H](C)Cc1cccc(F)c1. The molecule has 1 fully saturated rings. The number of carbonyl (C=O) groups excluding carboxylic acids is 7. The Hall–Kier alpha value is -7.47. The number of nitrogens with one attached hydrogen (secondary N) is 5. The molecule has 0 radical (unpaired) electrons. The van der Waals surface area contributed by atoms with E-state index in [2.05, 4.69) is 26.6 Å². The highest BCUT2D eigenvalue weighted by atomic mass is 19.1. The van der Waals surface area contributed by atoms with Gasteiger partial charge >= 0.3 is 5.97 Å². The largest absolute Gasteiger partial charge is 0.482 e. The number of benzene rings is 4. The Balaban J connectivity index is 1.38. The number of carboxylic acids is 1. The molecule has 0 heterocycles. The summed E-state index contributed by atoms with van der Waals surface area (Å²) in [7, 11) is 1.38. The average molecular weight is 1080 g/mol. The smallest absolute Gasteiger partial charge is 0.341 e. The van der Waals surface area contributed by atoms with Crippen LogP contribution in [0.5, 0.6) is 5.75 Å². The van der Waals surface area contributed by atoms with Crippen molar-refractivity contribution in [2.75, 3.05) is 20.2 Å². The molecule has 4 aromatic carbocycles. The van der Waals surface area contributed by atoms with Gasteiger partial charge in [-0.2, -0.15) is 0 Å². The highest BCUT2D eigenvalue weighted by Crippen LogP contribution is 2.28. The maximum Gasteiger partial charge on any atom is 0.341 e. The lowest BCUT2D eigenvalue weighted by Gasteiger charge is -2.31. The number of amides is 6. The van der Waals surface area contributed by atoms with Crippen molar-refractivity contribution in [3.8, 4) is 16.9 Å². The first-order valence-corrected chi connectivity index (χ1v) is 27.0. The highest BCUT2D eigenvalue weighted by molar-refractivity contribution is 5.97. The van der Waals surface area contributed by atoms with Crippen LogP contribution in [0.2, 0.25) is 0 Å². The summed E-state index contributed by atoms with van der Waals surface area (Å²) >= 11 is 0. The number of aliphatic carboxylic acids is 1. The summed E-state index contributed by atoms with van der Waals surface area (Å²) in [6.07, 6.45) is 5.99. The molecule has 420 valence electrons. The molecule has 0 unspecified atom stereocenters. The molecule has 18 heteroatoms. The molecule has 1 aliphatic carbocycles. The summed E-state index contributed by atoms with van der Waals surface area (Å²) in [5, 5.41) is 23.3. The second-order valence-corrected chi connectivity index (χ2v) is 21.0. The third-order valence-corrected chi connectivity index (χ3v) is 14.2. The highest BCUT2D eigenvalue weighted by Gasteiger charge is 2.36. The van der Waals surface area contributed by atoms with Gasteiger partial charge in [-0.25, -0.2) is 9.18 Å². The summed E-state index contributed by atoms with van der Waals surface area (Å²) in [4.78, 5) is 110. The van der Waals surface area contributed by atoms with Crippen molar-refractivity contribution in [1.82, 2.24) is 31.5 Å². The van der Waals surface area contributed by atoms with Gasteiger partial charge in [0, 0.05) is 25.8 Å². The van der Waals surface area contributed by atoms with Gasteiger partial charge in [0.15, 0.2) is 12.4 Å². The first kappa shape index (κ1) is 61.4. The van der Waals surface area contributed by atoms with E-state index in [1.165, 1.54) is 45.2 Å². The summed E-state index contributed by atoms with van der Waals surface area (Å²) in [5.41, 5.74) is 9.61. The van der Waals surface area contributed by atoms with E-state index < -0.39 is 96.0 Å². The van der Waals surface area contributed by atoms with E-state index in [1.54, 1.807) is 31.2 Å². The second-order valence-electron chi connectivity index (χ2n) is 21.0. The third-order valence-electron chi connectivity index (χ3n) is 14.2. The lowest BCUT2D eigenvalue weighted by atomic mass is 9.84. The summed E-state index contributed by atoms with van der Waals surface area (Å²) in [5.74, 6) is -5.94. The number of hydrogen-bond acceptors (Lipinski definition) is 10. The zero-order valence-corrected chi connectivity index (χ0v) is 45.7. The van der Waals surface area contributed by atoms with Crippen molar-refractivity contribution in [2.24, 2.45) is 23.5 Å². The molecule has 8 N–H and O–H groups in total. The van der Waals surface area contributed by atoms with Crippen molar-refractivity contribution in [3.63, 3.8) is 0 Å². The Kier molecular flexibility index (Phi) is 24.0. The number of halogens is 1. The molecule has 0 aromatic heterocycles. The number of likely N-dealkylation sites (N-methyl/N-ethyl adjacent to an activating group) is 1. The quantitative estimate of drug-likeness (QED) is 0.0340. The number of Topliss-reactive ketones (excluding diaryl/α,β-unsaturated/α-hetero) is 1. The van der Waals surface area contributed by atoms with Crippen LogP contribution in [0, 0.1) is 23.6 Å². The molecule has 0 saturated heterocycles. The number of carbonyl (C=O) groups is 8. The van der Waals surface area contributed by atoms with Gasteiger partial charge in [-0.1, -0.05) is 132 Å². The van der Waals surface area contributed by atoms with Crippen molar-refractivity contribution >= 4 is 47.2 Å². The van der Waals surface area contributed by atoms with Crippen molar-refractivity contribution in [3.05, 3.63) is 126 Å². The monoisotopic (exact) mass is 1080 g/mol. The van der Waals surface area contributed by atoms with Crippen LogP contribution in [0.3, 0.4) is 0 Å². The molecule has 1 aliphatic rings. The van der Waals surface area contributed by atoms with Crippen LogP contribution in [0.1, 0.15) is 103 Å². The molecule has 6 amide bonds. The Morgan fingerprint density at radius 1 is 0.628 bits per heavy atom. The Morgan fingerprint density at radius 2 is 1.18 bits per heavy atom. The van der Waals surface area contributed by atoms with Gasteiger partial charge < -0.3 is 47.1 Å². The predicted molar refractivity (Wildman–Crippen MR) is 295 cm³/mol. The number of rotatable bonds is 29. The number of ether oxygens (including phenoxy) is 1. The molecular weight excluding hydrogens is 998 g/mol. The van der Waals surface area contributed by atoms with Crippen LogP contribution in [0.15, 0.2) is 103 Å². The standard InChI is InChI=1S/C60H78FN7O10/c1-37(2)30-51(58(75)63-49(28-29-62)57(74)64-50(40(5)69)33-41-14-9-7-10-15-41)66-56(73)39(4)68(6)60(77)53(35-43-22-26-48(27-23-43)78-36-54(70)71)67-59(76)52(65-55(72)38(3)31-44-16-13-19-47(61)32-44)34-42-20-24-46(25-21-42)45-17-11-8-12-18-45/h8,11-13,16-27,32,37-39,41,49-53H,7,9-10,14-15,28-31,33-36,62H2,1-6H3,(H,63,75)(H,64,74)(H,65,72)(H,66,73)(H,67,76)(H,70,71)/t38-,39-,49-,50-,51+,52-,53-/m0/s1. The van der Waals surface area contributed by atoms with E-state index >= 15 is 0 Å². The second kappa shape index (κ2) is 30.5. The number of nitrogens with zero attached hydrogens (tertiary/aromatic N) is 1. The molecule has 78 heavy (non-hydrogen) atoms. The Labute approximate surface area is 457 Å². The third kappa shape index (κ3) is 19.5. The number of hydrogen-bond donors (Lipinski definition) is 7.